The van der Waals surface area contributed by atoms with Crippen LogP contribution in [0.2, 0.25) is 0 Å². The molecule has 2 heterocycles. The lowest BCUT2D eigenvalue weighted by Crippen LogP contribution is -2.50. The number of carboxylic acid groups (broad SMARTS) is 1. The third-order valence-electron chi connectivity index (χ3n) is 5.44. The fraction of sp³-hybridized carbons (Fsp3) is 0.409. The highest BCUT2D eigenvalue weighted by Crippen LogP contribution is 2.27. The Morgan fingerprint density at radius 3 is 2.26 bits per heavy atom. The Hall–Kier alpha value is -3.54. The van der Waals surface area contributed by atoms with Crippen molar-refractivity contribution in [1.82, 2.24) is 20.1 Å². The molecule has 184 valence electrons. The fourth-order valence-corrected chi connectivity index (χ4v) is 3.55. The summed E-state index contributed by atoms with van der Waals surface area (Å²) >= 11 is 0. The minimum atomic E-state index is -4.73. The SMILES string of the molecule is CNC(=O)CN(CCN1CCN(c2ccc(-c3ccc(OC(F)(F)F)cc3)cn2)CC1)C(=O)O. The summed E-state index contributed by atoms with van der Waals surface area (Å²) in [5.74, 6) is 0.151. The maximum absolute atomic E-state index is 12.3. The molecule has 1 aliphatic rings. The second-order valence-corrected chi connectivity index (χ2v) is 7.68. The number of halogens is 3. The van der Waals surface area contributed by atoms with E-state index in [0.29, 0.717) is 19.6 Å². The molecule has 34 heavy (non-hydrogen) atoms. The first-order valence-electron chi connectivity index (χ1n) is 10.6. The molecule has 0 atom stereocenters. The summed E-state index contributed by atoms with van der Waals surface area (Å²) in [6, 6.07) is 9.33. The van der Waals surface area contributed by atoms with E-state index in [2.05, 4.69) is 24.8 Å². The van der Waals surface area contributed by atoms with Crippen LogP contribution in [0, 0.1) is 0 Å². The summed E-state index contributed by atoms with van der Waals surface area (Å²) in [4.78, 5) is 32.6. The molecule has 2 amide bonds. The highest BCUT2D eigenvalue weighted by Gasteiger charge is 2.31. The number of alkyl halides is 3. The second-order valence-electron chi connectivity index (χ2n) is 7.68. The van der Waals surface area contributed by atoms with Gasteiger partial charge in [0.1, 0.15) is 18.1 Å². The predicted molar refractivity (Wildman–Crippen MR) is 119 cm³/mol. The van der Waals surface area contributed by atoms with Crippen molar-refractivity contribution in [3.8, 4) is 16.9 Å². The van der Waals surface area contributed by atoms with Crippen LogP contribution in [0.4, 0.5) is 23.8 Å². The Labute approximate surface area is 194 Å². The van der Waals surface area contributed by atoms with Crippen LogP contribution in [-0.2, 0) is 4.79 Å². The average Bonchev–Trinajstić information content (AvgIpc) is 2.81. The monoisotopic (exact) mass is 481 g/mol. The first kappa shape index (κ1) is 25.1. The van der Waals surface area contributed by atoms with Crippen molar-refractivity contribution < 1.29 is 32.6 Å². The molecule has 0 unspecified atom stereocenters. The number of nitrogens with zero attached hydrogens (tertiary/aromatic N) is 4. The summed E-state index contributed by atoms with van der Waals surface area (Å²) in [6.45, 7) is 3.42. The van der Waals surface area contributed by atoms with E-state index in [1.165, 1.54) is 19.2 Å². The molecule has 0 radical (unpaired) electrons. The largest absolute Gasteiger partial charge is 0.573 e. The molecular weight excluding hydrogens is 455 g/mol. The molecule has 2 N–H and O–H groups in total. The van der Waals surface area contributed by atoms with Crippen LogP contribution in [0.25, 0.3) is 11.1 Å². The predicted octanol–water partition coefficient (Wildman–Crippen LogP) is 2.50. The van der Waals surface area contributed by atoms with Gasteiger partial charge in [-0.3, -0.25) is 14.6 Å². The highest BCUT2D eigenvalue weighted by atomic mass is 19.4. The Balaban J connectivity index is 1.50. The van der Waals surface area contributed by atoms with Gasteiger partial charge in [-0.1, -0.05) is 12.1 Å². The van der Waals surface area contributed by atoms with Crippen molar-refractivity contribution in [3.05, 3.63) is 42.6 Å². The standard InChI is InChI=1S/C22H26F3N5O4/c1-26-20(31)15-30(21(32)33)13-10-28-8-11-29(12-9-28)19-7-4-17(14-27-19)16-2-5-18(6-3-16)34-22(23,24)25/h2-7,14H,8-13,15H2,1H3,(H,26,31)(H,32,33). The summed E-state index contributed by atoms with van der Waals surface area (Å²) in [5.41, 5.74) is 1.49. The quantitative estimate of drug-likeness (QED) is 0.598. The number of hydrogen-bond donors (Lipinski definition) is 2. The average molecular weight is 481 g/mol. The number of aromatic nitrogens is 1. The topological polar surface area (TPSA) is 98.2 Å². The van der Waals surface area contributed by atoms with Gasteiger partial charge >= 0.3 is 12.5 Å². The smallest absolute Gasteiger partial charge is 0.465 e. The lowest BCUT2D eigenvalue weighted by molar-refractivity contribution is -0.274. The summed E-state index contributed by atoms with van der Waals surface area (Å²) in [6.07, 6.45) is -4.19. The van der Waals surface area contributed by atoms with Gasteiger partial charge in [-0.05, 0) is 29.8 Å². The molecule has 0 saturated carbocycles. The van der Waals surface area contributed by atoms with Crippen molar-refractivity contribution in [2.75, 3.05) is 57.8 Å². The van der Waals surface area contributed by atoms with Gasteiger partial charge in [-0.2, -0.15) is 0 Å². The van der Waals surface area contributed by atoms with Gasteiger partial charge in [-0.15, -0.1) is 13.2 Å². The van der Waals surface area contributed by atoms with Gasteiger partial charge in [0.05, 0.1) is 0 Å². The van der Waals surface area contributed by atoms with Gasteiger partial charge in [0.25, 0.3) is 0 Å². The van der Waals surface area contributed by atoms with E-state index in [1.54, 1.807) is 18.3 Å². The fourth-order valence-electron chi connectivity index (χ4n) is 3.55. The number of carbonyl (C=O) groups excluding carboxylic acids is 1. The Bertz CT molecular complexity index is 962. The van der Waals surface area contributed by atoms with E-state index in [-0.39, 0.29) is 24.7 Å². The van der Waals surface area contributed by atoms with E-state index in [9.17, 15) is 27.9 Å². The van der Waals surface area contributed by atoms with Gasteiger partial charge in [-0.25, -0.2) is 9.78 Å². The van der Waals surface area contributed by atoms with Crippen molar-refractivity contribution in [2.24, 2.45) is 0 Å². The number of carbonyl (C=O) groups is 2. The first-order valence-corrected chi connectivity index (χ1v) is 10.6. The number of piperazine rings is 1. The van der Waals surface area contributed by atoms with Gasteiger partial charge in [0.15, 0.2) is 0 Å². The number of likely N-dealkylation sites (N-methyl/N-ethyl adjacent to an activating group) is 1. The third-order valence-corrected chi connectivity index (χ3v) is 5.44. The van der Waals surface area contributed by atoms with E-state index in [4.69, 9.17) is 0 Å². The molecule has 0 bridgehead atoms. The molecule has 0 spiro atoms. The minimum Gasteiger partial charge on any atom is -0.465 e. The molecule has 1 fully saturated rings. The Morgan fingerprint density at radius 2 is 1.74 bits per heavy atom. The van der Waals surface area contributed by atoms with Crippen molar-refractivity contribution in [2.45, 2.75) is 6.36 Å². The molecule has 12 heteroatoms. The molecule has 1 aromatic carbocycles. The Kier molecular flexibility index (Phi) is 8.16. The molecule has 1 aromatic heterocycles. The molecule has 2 aromatic rings. The van der Waals surface area contributed by atoms with Crippen molar-refractivity contribution in [1.29, 1.82) is 0 Å². The number of benzene rings is 1. The number of amides is 2. The first-order chi connectivity index (χ1) is 16.1. The molecule has 1 saturated heterocycles. The third kappa shape index (κ3) is 7.24. The maximum atomic E-state index is 12.3. The van der Waals surface area contributed by atoms with E-state index in [1.807, 2.05) is 12.1 Å². The lowest BCUT2D eigenvalue weighted by atomic mass is 10.1. The summed E-state index contributed by atoms with van der Waals surface area (Å²) < 4.78 is 40.8. The van der Waals surface area contributed by atoms with Crippen LogP contribution < -0.4 is 15.0 Å². The van der Waals surface area contributed by atoms with E-state index < -0.39 is 12.5 Å². The number of pyridine rings is 1. The molecular formula is C22H26F3N5O4. The van der Waals surface area contributed by atoms with Crippen LogP contribution in [0.3, 0.4) is 0 Å². The van der Waals surface area contributed by atoms with E-state index >= 15 is 0 Å². The maximum Gasteiger partial charge on any atom is 0.573 e. The number of hydrogen-bond acceptors (Lipinski definition) is 6. The number of nitrogens with one attached hydrogen (secondary N) is 1. The van der Waals surface area contributed by atoms with Crippen molar-refractivity contribution in [3.63, 3.8) is 0 Å². The highest BCUT2D eigenvalue weighted by molar-refractivity contribution is 5.81. The van der Waals surface area contributed by atoms with Crippen molar-refractivity contribution >= 4 is 17.8 Å². The second kappa shape index (κ2) is 11.1. The molecule has 0 aliphatic carbocycles. The zero-order valence-corrected chi connectivity index (χ0v) is 18.6. The lowest BCUT2D eigenvalue weighted by Gasteiger charge is -2.36. The van der Waals surface area contributed by atoms with Crippen LogP contribution in [0.1, 0.15) is 0 Å². The van der Waals surface area contributed by atoms with Crippen LogP contribution in [-0.4, -0.2) is 91.1 Å². The summed E-state index contributed by atoms with van der Waals surface area (Å²) in [5, 5.41) is 11.7. The van der Waals surface area contributed by atoms with Gasteiger partial charge in [0.2, 0.25) is 5.91 Å². The van der Waals surface area contributed by atoms with E-state index in [0.717, 1.165) is 34.9 Å². The van der Waals surface area contributed by atoms with Crippen LogP contribution in [0.15, 0.2) is 42.6 Å². The van der Waals surface area contributed by atoms with Gasteiger partial charge < -0.3 is 20.1 Å². The minimum absolute atomic E-state index is 0.194. The molecule has 1 aliphatic heterocycles. The normalized spacial score (nSPS) is 14.5. The van der Waals surface area contributed by atoms with Gasteiger partial charge in [0, 0.05) is 58.1 Å². The van der Waals surface area contributed by atoms with Crippen LogP contribution in [0.5, 0.6) is 5.75 Å². The number of anilines is 1. The zero-order chi connectivity index (χ0) is 24.7. The zero-order valence-electron chi connectivity index (χ0n) is 18.6. The Morgan fingerprint density at radius 1 is 1.09 bits per heavy atom. The number of rotatable bonds is 8. The molecule has 9 nitrogen and oxygen atoms in total. The molecule has 3 rings (SSSR count). The summed E-state index contributed by atoms with van der Waals surface area (Å²) in [7, 11) is 1.46. The van der Waals surface area contributed by atoms with Crippen LogP contribution >= 0.6 is 0 Å². The number of ether oxygens (including phenoxy) is 1.